The molecule has 9 heteroatoms. The van der Waals surface area contributed by atoms with Crippen LogP contribution in [-0.2, 0) is 28.7 Å². The number of fused-ring (bicyclic) bond motifs is 2. The number of halogens is 2. The summed E-state index contributed by atoms with van der Waals surface area (Å²) in [5, 5.41) is 8.81. The first-order chi connectivity index (χ1) is 15.9. The van der Waals surface area contributed by atoms with Gasteiger partial charge in [0.2, 0.25) is 11.8 Å². The number of hydrogen-bond acceptors (Lipinski definition) is 5. The second kappa shape index (κ2) is 8.10. The van der Waals surface area contributed by atoms with Gasteiger partial charge in [-0.2, -0.15) is 14.0 Å². The Morgan fingerprint density at radius 1 is 1.06 bits per heavy atom. The molecule has 3 aliphatic rings. The van der Waals surface area contributed by atoms with Crippen LogP contribution in [0.25, 0.3) is 0 Å². The second-order valence-corrected chi connectivity index (χ2v) is 8.74. The zero-order valence-electron chi connectivity index (χ0n) is 17.8. The van der Waals surface area contributed by atoms with Crippen LogP contribution in [0.15, 0.2) is 36.5 Å². The van der Waals surface area contributed by atoms with Crippen molar-refractivity contribution in [2.24, 2.45) is 0 Å². The lowest BCUT2D eigenvalue weighted by Gasteiger charge is -2.45. The van der Waals surface area contributed by atoms with Gasteiger partial charge in [-0.1, -0.05) is 18.9 Å². The Kier molecular flexibility index (Phi) is 5.23. The summed E-state index contributed by atoms with van der Waals surface area (Å²) in [7, 11) is 0. The average Bonchev–Trinajstić information content (AvgIpc) is 3.35. The van der Waals surface area contributed by atoms with Crippen molar-refractivity contribution < 1.29 is 23.1 Å². The van der Waals surface area contributed by atoms with Gasteiger partial charge >= 0.3 is 6.11 Å². The molecular formula is C24H22F2N4O3. The second-order valence-electron chi connectivity index (χ2n) is 8.74. The van der Waals surface area contributed by atoms with E-state index in [9.17, 15) is 18.4 Å². The molecule has 2 fully saturated rings. The van der Waals surface area contributed by atoms with E-state index in [-0.39, 0.29) is 42.3 Å². The highest BCUT2D eigenvalue weighted by atomic mass is 19.3. The number of carbonyl (C=O) groups is 2. The molecule has 0 spiro atoms. The van der Waals surface area contributed by atoms with Crippen molar-refractivity contribution in [1.29, 1.82) is 5.26 Å². The SMILES string of the molecule is N#Cc1ccc(C(F)(F)Oc2ccc3c(c2)CN2C(=O)CN(C4CCCC4)C(=O)[C@H]2C3)nc1. The standard InChI is InChI=1S/C24H22F2N4O3/c25-24(26,21-8-5-15(11-27)12-28-21)33-19-7-6-16-10-20-23(32)29(18-3-1-2-4-18)14-22(31)30(20)13-17(16)9-19/h5-9,12,18,20H,1-4,10,13-14H2/t20-/m1/s1. The minimum atomic E-state index is -3.70. The fourth-order valence-corrected chi connectivity index (χ4v) is 4.97. The van der Waals surface area contributed by atoms with E-state index in [4.69, 9.17) is 10.00 Å². The van der Waals surface area contributed by atoms with Crippen molar-refractivity contribution in [2.75, 3.05) is 6.54 Å². The topological polar surface area (TPSA) is 86.5 Å². The van der Waals surface area contributed by atoms with Crippen LogP contribution < -0.4 is 4.74 Å². The predicted octanol–water partition coefficient (Wildman–Crippen LogP) is 3.12. The van der Waals surface area contributed by atoms with Gasteiger partial charge in [0.15, 0.2) is 5.69 Å². The number of nitrogens with zero attached hydrogens (tertiary/aromatic N) is 4. The van der Waals surface area contributed by atoms with Crippen LogP contribution in [0.4, 0.5) is 8.78 Å². The number of aromatic nitrogens is 1. The number of carbonyl (C=O) groups excluding carboxylic acids is 2. The Balaban J connectivity index is 1.35. The molecule has 170 valence electrons. The molecule has 2 amide bonds. The summed E-state index contributed by atoms with van der Waals surface area (Å²) in [5.41, 5.74) is 1.09. The van der Waals surface area contributed by atoms with Crippen molar-refractivity contribution in [1.82, 2.24) is 14.8 Å². The van der Waals surface area contributed by atoms with Crippen LogP contribution in [-0.4, -0.2) is 45.2 Å². The van der Waals surface area contributed by atoms with Gasteiger partial charge in [0.25, 0.3) is 0 Å². The fourth-order valence-electron chi connectivity index (χ4n) is 4.97. The van der Waals surface area contributed by atoms with Gasteiger partial charge in [-0.3, -0.25) is 9.59 Å². The number of ether oxygens (including phenoxy) is 1. The molecule has 2 aromatic rings. The number of nitriles is 1. The van der Waals surface area contributed by atoms with Crippen LogP contribution in [0.3, 0.4) is 0 Å². The molecule has 1 saturated heterocycles. The Hall–Kier alpha value is -3.54. The van der Waals surface area contributed by atoms with Gasteiger partial charge in [0, 0.05) is 25.2 Å². The minimum Gasteiger partial charge on any atom is -0.428 e. The lowest BCUT2D eigenvalue weighted by Crippen LogP contribution is -2.63. The van der Waals surface area contributed by atoms with Crippen molar-refractivity contribution in [2.45, 2.75) is 56.8 Å². The summed E-state index contributed by atoms with van der Waals surface area (Å²) in [6.45, 7) is 0.259. The summed E-state index contributed by atoms with van der Waals surface area (Å²) >= 11 is 0. The number of rotatable bonds is 4. The van der Waals surface area contributed by atoms with E-state index < -0.39 is 17.8 Å². The number of alkyl halides is 2. The zero-order valence-corrected chi connectivity index (χ0v) is 17.8. The van der Waals surface area contributed by atoms with Crippen molar-refractivity contribution in [3.8, 4) is 11.8 Å². The molecule has 33 heavy (non-hydrogen) atoms. The van der Waals surface area contributed by atoms with Crippen LogP contribution in [0.5, 0.6) is 5.75 Å². The highest BCUT2D eigenvalue weighted by molar-refractivity contribution is 5.95. The van der Waals surface area contributed by atoms with E-state index >= 15 is 0 Å². The quantitative estimate of drug-likeness (QED) is 0.712. The summed E-state index contributed by atoms with van der Waals surface area (Å²) in [5.74, 6) is -0.201. The third-order valence-corrected chi connectivity index (χ3v) is 6.70. The summed E-state index contributed by atoms with van der Waals surface area (Å²) < 4.78 is 34.1. The zero-order chi connectivity index (χ0) is 23.2. The van der Waals surface area contributed by atoms with Gasteiger partial charge in [-0.15, -0.1) is 0 Å². The molecule has 5 rings (SSSR count). The molecule has 1 saturated carbocycles. The van der Waals surface area contributed by atoms with Gasteiger partial charge in [0.05, 0.1) is 5.56 Å². The highest BCUT2D eigenvalue weighted by Crippen LogP contribution is 2.35. The normalized spacial score (nSPS) is 20.9. The van der Waals surface area contributed by atoms with Gasteiger partial charge in [-0.05, 0) is 48.2 Å². The molecule has 0 radical (unpaired) electrons. The Morgan fingerprint density at radius 3 is 2.55 bits per heavy atom. The fraction of sp³-hybridized carbons (Fsp3) is 0.417. The highest BCUT2D eigenvalue weighted by Gasteiger charge is 2.44. The maximum absolute atomic E-state index is 14.6. The molecule has 2 aliphatic heterocycles. The van der Waals surface area contributed by atoms with Gasteiger partial charge in [-0.25, -0.2) is 4.98 Å². The first-order valence-corrected chi connectivity index (χ1v) is 11.0. The van der Waals surface area contributed by atoms with Crippen molar-refractivity contribution in [3.63, 3.8) is 0 Å². The number of hydrogen-bond donors (Lipinski definition) is 0. The summed E-state index contributed by atoms with van der Waals surface area (Å²) in [6.07, 6.45) is 1.75. The molecule has 7 nitrogen and oxygen atoms in total. The van der Waals surface area contributed by atoms with E-state index in [1.54, 1.807) is 15.9 Å². The summed E-state index contributed by atoms with van der Waals surface area (Å²) in [4.78, 5) is 32.9. The average molecular weight is 452 g/mol. The molecule has 0 N–H and O–H groups in total. The minimum absolute atomic E-state index is 0.0223. The molecule has 0 unspecified atom stereocenters. The maximum Gasteiger partial charge on any atom is 0.444 e. The Bertz CT molecular complexity index is 1140. The molecule has 1 aromatic carbocycles. The molecule has 1 aromatic heterocycles. The lowest BCUT2D eigenvalue weighted by atomic mass is 9.91. The van der Waals surface area contributed by atoms with Crippen molar-refractivity contribution >= 4 is 11.8 Å². The third-order valence-electron chi connectivity index (χ3n) is 6.70. The van der Waals surface area contributed by atoms with Crippen molar-refractivity contribution in [3.05, 3.63) is 58.9 Å². The van der Waals surface area contributed by atoms with E-state index in [1.165, 1.54) is 18.2 Å². The predicted molar refractivity (Wildman–Crippen MR) is 112 cm³/mol. The van der Waals surface area contributed by atoms with Gasteiger partial charge in [0.1, 0.15) is 24.4 Å². The number of piperazine rings is 1. The van der Waals surface area contributed by atoms with E-state index in [0.717, 1.165) is 43.5 Å². The largest absolute Gasteiger partial charge is 0.444 e. The molecule has 1 aliphatic carbocycles. The lowest BCUT2D eigenvalue weighted by molar-refractivity contribution is -0.188. The Labute approximate surface area is 189 Å². The van der Waals surface area contributed by atoms with E-state index in [2.05, 4.69) is 4.98 Å². The Morgan fingerprint density at radius 2 is 1.85 bits per heavy atom. The van der Waals surface area contributed by atoms with Gasteiger partial charge < -0.3 is 14.5 Å². The van der Waals surface area contributed by atoms with Crippen LogP contribution >= 0.6 is 0 Å². The maximum atomic E-state index is 14.6. The number of benzene rings is 1. The summed E-state index contributed by atoms with van der Waals surface area (Å²) in [6, 6.07) is 8.33. The molecular weight excluding hydrogens is 430 g/mol. The molecule has 0 bridgehead atoms. The van der Waals surface area contributed by atoms with E-state index in [0.29, 0.717) is 12.0 Å². The third kappa shape index (κ3) is 3.90. The first kappa shape index (κ1) is 21.3. The number of amides is 2. The molecule has 3 heterocycles. The van der Waals surface area contributed by atoms with Crippen LogP contribution in [0.1, 0.15) is 48.1 Å². The monoisotopic (exact) mass is 452 g/mol. The smallest absolute Gasteiger partial charge is 0.428 e. The molecule has 1 atom stereocenters. The van der Waals surface area contributed by atoms with Crippen LogP contribution in [0, 0.1) is 11.3 Å². The van der Waals surface area contributed by atoms with Crippen LogP contribution in [0.2, 0.25) is 0 Å². The first-order valence-electron chi connectivity index (χ1n) is 11.0. The number of pyridine rings is 1. The van der Waals surface area contributed by atoms with E-state index in [1.807, 2.05) is 6.07 Å².